The minimum atomic E-state index is -0.315. The lowest BCUT2D eigenvalue weighted by Gasteiger charge is -2.06. The summed E-state index contributed by atoms with van der Waals surface area (Å²) in [5.74, 6) is -0.275. The van der Waals surface area contributed by atoms with Crippen molar-refractivity contribution in [2.24, 2.45) is 0 Å². The minimum Gasteiger partial charge on any atom is -0.459 e. The van der Waals surface area contributed by atoms with E-state index in [-0.39, 0.29) is 17.6 Å². The van der Waals surface area contributed by atoms with Crippen LogP contribution in [0, 0.1) is 0 Å². The first-order chi connectivity index (χ1) is 13.6. The number of carbonyl (C=O) groups is 2. The van der Waals surface area contributed by atoms with E-state index in [0.717, 1.165) is 16.5 Å². The van der Waals surface area contributed by atoms with E-state index in [1.165, 1.54) is 6.26 Å². The van der Waals surface area contributed by atoms with Crippen LogP contribution in [0.15, 0.2) is 71.3 Å². The molecule has 28 heavy (non-hydrogen) atoms. The molecule has 0 fully saturated rings. The number of hydrogen-bond acceptors (Lipinski definition) is 3. The maximum absolute atomic E-state index is 12.4. The normalized spacial score (nSPS) is 10.8. The third-order valence-corrected chi connectivity index (χ3v) is 4.47. The van der Waals surface area contributed by atoms with Gasteiger partial charge in [0.25, 0.3) is 11.8 Å². The van der Waals surface area contributed by atoms with Crippen molar-refractivity contribution >= 4 is 40.0 Å². The molecule has 140 valence electrons. The van der Waals surface area contributed by atoms with E-state index in [1.54, 1.807) is 42.5 Å². The number of aromatic nitrogens is 1. The molecule has 0 saturated carbocycles. The summed E-state index contributed by atoms with van der Waals surface area (Å²) < 4.78 is 5.06. The maximum atomic E-state index is 12.4. The van der Waals surface area contributed by atoms with Crippen molar-refractivity contribution in [1.29, 1.82) is 0 Å². The molecule has 7 heteroatoms. The van der Waals surface area contributed by atoms with Crippen LogP contribution in [0.4, 0.5) is 5.69 Å². The third kappa shape index (κ3) is 3.92. The lowest BCUT2D eigenvalue weighted by atomic mass is 10.2. The highest BCUT2D eigenvalue weighted by Gasteiger charge is 2.11. The van der Waals surface area contributed by atoms with E-state index in [1.807, 2.05) is 18.2 Å². The molecule has 3 N–H and O–H groups in total. The molecule has 0 atom stereocenters. The largest absolute Gasteiger partial charge is 0.459 e. The summed E-state index contributed by atoms with van der Waals surface area (Å²) in [5, 5.41) is 7.12. The molecule has 0 aliphatic carbocycles. The molecule has 0 aliphatic heterocycles. The highest BCUT2D eigenvalue weighted by Crippen LogP contribution is 2.20. The van der Waals surface area contributed by atoms with Crippen LogP contribution in [-0.4, -0.2) is 16.8 Å². The minimum absolute atomic E-state index is 0.206. The lowest BCUT2D eigenvalue weighted by molar-refractivity contribution is 0.0945. The molecule has 0 unspecified atom stereocenters. The van der Waals surface area contributed by atoms with E-state index in [9.17, 15) is 9.59 Å². The van der Waals surface area contributed by atoms with Crippen molar-refractivity contribution in [3.63, 3.8) is 0 Å². The summed E-state index contributed by atoms with van der Waals surface area (Å²) in [4.78, 5) is 27.4. The smallest absolute Gasteiger partial charge is 0.291 e. The van der Waals surface area contributed by atoms with E-state index in [2.05, 4.69) is 15.6 Å². The number of halogens is 1. The number of fused-ring (bicyclic) bond motifs is 1. The van der Waals surface area contributed by atoms with Crippen LogP contribution < -0.4 is 10.6 Å². The van der Waals surface area contributed by atoms with Crippen LogP contribution in [0.1, 0.15) is 26.6 Å². The van der Waals surface area contributed by atoms with Crippen LogP contribution in [-0.2, 0) is 6.54 Å². The molecule has 4 rings (SSSR count). The topological polar surface area (TPSA) is 87.1 Å². The average molecular weight is 394 g/mol. The number of aromatic amines is 1. The Morgan fingerprint density at radius 1 is 1.00 bits per heavy atom. The summed E-state index contributed by atoms with van der Waals surface area (Å²) >= 11 is 5.98. The summed E-state index contributed by atoms with van der Waals surface area (Å²) in [7, 11) is 0. The van der Waals surface area contributed by atoms with Crippen LogP contribution in [0.25, 0.3) is 10.9 Å². The Balaban J connectivity index is 1.36. The van der Waals surface area contributed by atoms with Gasteiger partial charge in [-0.05, 0) is 54.1 Å². The zero-order valence-electron chi connectivity index (χ0n) is 14.7. The van der Waals surface area contributed by atoms with E-state index < -0.39 is 0 Å². The van der Waals surface area contributed by atoms with Gasteiger partial charge in [-0.1, -0.05) is 23.7 Å². The van der Waals surface area contributed by atoms with E-state index >= 15 is 0 Å². The number of hydrogen-bond donors (Lipinski definition) is 3. The summed E-state index contributed by atoms with van der Waals surface area (Å²) in [6.45, 7) is 0.362. The van der Waals surface area contributed by atoms with Gasteiger partial charge >= 0.3 is 0 Å². The zero-order valence-corrected chi connectivity index (χ0v) is 15.4. The number of anilines is 1. The van der Waals surface area contributed by atoms with E-state index in [4.69, 9.17) is 16.0 Å². The Morgan fingerprint density at radius 2 is 1.82 bits per heavy atom. The number of rotatable bonds is 5. The van der Waals surface area contributed by atoms with Gasteiger partial charge in [-0.25, -0.2) is 0 Å². The molecule has 2 heterocycles. The number of H-pyrrole nitrogens is 1. The Morgan fingerprint density at radius 3 is 2.57 bits per heavy atom. The summed E-state index contributed by atoms with van der Waals surface area (Å²) in [6.07, 6.45) is 1.45. The monoisotopic (exact) mass is 393 g/mol. The number of nitrogens with one attached hydrogen (secondary N) is 3. The fourth-order valence-electron chi connectivity index (χ4n) is 2.81. The van der Waals surface area contributed by atoms with Crippen molar-refractivity contribution in [3.05, 3.63) is 89.0 Å². The first kappa shape index (κ1) is 17.9. The second-order valence-corrected chi connectivity index (χ2v) is 6.66. The number of carbonyl (C=O) groups excluding carboxylic acids is 2. The second kappa shape index (κ2) is 7.62. The standard InChI is InChI=1S/C21H16ClN3O3/c22-15-5-8-17-14(10-15)11-18(25-17)20(26)23-12-13-3-6-16(7-4-13)24-21(27)19-2-1-9-28-19/h1-11,25H,12H2,(H,23,26)(H,24,27). The summed E-state index contributed by atoms with van der Waals surface area (Å²) in [5.41, 5.74) is 2.87. The van der Waals surface area contributed by atoms with Gasteiger partial charge in [0.05, 0.1) is 6.26 Å². The molecule has 0 bridgehead atoms. The van der Waals surface area contributed by atoms with Crippen LogP contribution in [0.2, 0.25) is 5.02 Å². The highest BCUT2D eigenvalue weighted by atomic mass is 35.5. The quantitative estimate of drug-likeness (QED) is 0.463. The van der Waals surface area contributed by atoms with Gasteiger partial charge in [-0.2, -0.15) is 0 Å². The number of furan rings is 1. The van der Waals surface area contributed by atoms with Gasteiger partial charge in [0, 0.05) is 28.2 Å². The van der Waals surface area contributed by atoms with Crippen LogP contribution in [0.3, 0.4) is 0 Å². The van der Waals surface area contributed by atoms with Gasteiger partial charge in [0.15, 0.2) is 5.76 Å². The molecular formula is C21H16ClN3O3. The van der Waals surface area contributed by atoms with Crippen molar-refractivity contribution in [2.45, 2.75) is 6.54 Å². The Hall–Kier alpha value is -3.51. The highest BCUT2D eigenvalue weighted by molar-refractivity contribution is 6.31. The van der Waals surface area contributed by atoms with Crippen molar-refractivity contribution in [2.75, 3.05) is 5.32 Å². The molecule has 0 spiro atoms. The van der Waals surface area contributed by atoms with Gasteiger partial charge in [-0.15, -0.1) is 0 Å². The maximum Gasteiger partial charge on any atom is 0.291 e. The molecule has 2 aromatic heterocycles. The molecular weight excluding hydrogens is 378 g/mol. The molecule has 2 amide bonds. The fraction of sp³-hybridized carbons (Fsp3) is 0.0476. The van der Waals surface area contributed by atoms with E-state index in [0.29, 0.717) is 22.9 Å². The Bertz CT molecular complexity index is 1130. The van der Waals surface area contributed by atoms with Gasteiger partial charge in [-0.3, -0.25) is 9.59 Å². The average Bonchev–Trinajstić information content (AvgIpc) is 3.36. The van der Waals surface area contributed by atoms with Crippen molar-refractivity contribution < 1.29 is 14.0 Å². The first-order valence-electron chi connectivity index (χ1n) is 8.59. The number of benzene rings is 2. The molecule has 0 aliphatic rings. The molecule has 0 radical (unpaired) electrons. The van der Waals surface area contributed by atoms with Crippen molar-refractivity contribution in [1.82, 2.24) is 10.3 Å². The SMILES string of the molecule is O=C(NCc1ccc(NC(=O)c2ccco2)cc1)c1cc2cc(Cl)ccc2[nH]1. The van der Waals surface area contributed by atoms with Gasteiger partial charge in [0.1, 0.15) is 5.69 Å². The third-order valence-electron chi connectivity index (χ3n) is 4.24. The predicted octanol–water partition coefficient (Wildman–Crippen LogP) is 4.60. The van der Waals surface area contributed by atoms with Crippen LogP contribution in [0.5, 0.6) is 0 Å². The molecule has 2 aromatic carbocycles. The zero-order chi connectivity index (χ0) is 19.5. The van der Waals surface area contributed by atoms with Crippen LogP contribution >= 0.6 is 11.6 Å². The number of amides is 2. The molecule has 0 saturated heterocycles. The molecule has 4 aromatic rings. The first-order valence-corrected chi connectivity index (χ1v) is 8.96. The van der Waals surface area contributed by atoms with Crippen molar-refractivity contribution in [3.8, 4) is 0 Å². The summed E-state index contributed by atoms with van der Waals surface area (Å²) in [6, 6.07) is 17.6. The Kier molecular flexibility index (Phi) is 4.87. The lowest BCUT2D eigenvalue weighted by Crippen LogP contribution is -2.23. The van der Waals surface area contributed by atoms with Gasteiger partial charge < -0.3 is 20.0 Å². The van der Waals surface area contributed by atoms with Gasteiger partial charge in [0.2, 0.25) is 0 Å². The molecule has 6 nitrogen and oxygen atoms in total. The fourth-order valence-corrected chi connectivity index (χ4v) is 2.99. The predicted molar refractivity (Wildman–Crippen MR) is 108 cm³/mol. The Labute approximate surface area is 165 Å². The second-order valence-electron chi connectivity index (χ2n) is 6.23.